The minimum atomic E-state index is -0.621. The first-order chi connectivity index (χ1) is 9.54. The van der Waals surface area contributed by atoms with Gasteiger partial charge in [0.25, 0.3) is 5.91 Å². The van der Waals surface area contributed by atoms with Crippen LogP contribution in [0.25, 0.3) is 0 Å². The van der Waals surface area contributed by atoms with Gasteiger partial charge in [-0.15, -0.1) is 11.3 Å². The molecule has 102 valence electrons. The van der Waals surface area contributed by atoms with Crippen molar-refractivity contribution in [1.82, 2.24) is 0 Å². The molecule has 1 atom stereocenters. The molecule has 0 spiro atoms. The number of nitrogens with zero attached hydrogens (tertiary/aromatic N) is 1. The number of nitriles is 1. The van der Waals surface area contributed by atoms with Gasteiger partial charge in [0.15, 0.2) is 0 Å². The lowest BCUT2D eigenvalue weighted by Crippen LogP contribution is -2.10. The Labute approximate surface area is 120 Å². The zero-order valence-electron chi connectivity index (χ0n) is 10.9. The van der Waals surface area contributed by atoms with Crippen LogP contribution in [0.3, 0.4) is 0 Å². The third-order valence-corrected chi connectivity index (χ3v) is 4.08. The Bertz CT molecular complexity index is 672. The molecule has 5 nitrogen and oxygen atoms in total. The molecule has 20 heavy (non-hydrogen) atoms. The van der Waals surface area contributed by atoms with Crippen molar-refractivity contribution in [3.05, 3.63) is 46.3 Å². The van der Waals surface area contributed by atoms with Crippen LogP contribution in [0.1, 0.15) is 33.8 Å². The van der Waals surface area contributed by atoms with E-state index in [4.69, 9.17) is 16.7 Å². The molecule has 0 saturated carbocycles. The zero-order valence-corrected chi connectivity index (χ0v) is 11.7. The maximum absolute atomic E-state index is 11.3. The predicted molar refractivity (Wildman–Crippen MR) is 80.4 cm³/mol. The summed E-state index contributed by atoms with van der Waals surface area (Å²) in [6, 6.07) is 11.8. The standard InChI is InChI=1S/C14H14N4OS/c1-8(9-5-3-2-4-6-9)18-14-10(7-15)11(16)12(20-14)13(17)19/h2-6,8,18H,16H2,1H3,(H2,17,19). The van der Waals surface area contributed by atoms with E-state index in [-0.39, 0.29) is 22.2 Å². The third kappa shape index (κ3) is 2.58. The normalized spacial score (nSPS) is 11.6. The molecule has 2 aromatic rings. The van der Waals surface area contributed by atoms with Crippen molar-refractivity contribution in [2.45, 2.75) is 13.0 Å². The van der Waals surface area contributed by atoms with Gasteiger partial charge in [-0.05, 0) is 12.5 Å². The highest BCUT2D eigenvalue weighted by Crippen LogP contribution is 2.36. The largest absolute Gasteiger partial charge is 0.396 e. The second-order valence-electron chi connectivity index (χ2n) is 4.30. The number of nitrogens with two attached hydrogens (primary N) is 2. The second-order valence-corrected chi connectivity index (χ2v) is 5.32. The average molecular weight is 286 g/mol. The molecule has 0 aliphatic rings. The number of primary amides is 1. The Kier molecular flexibility index (Phi) is 3.91. The fourth-order valence-electron chi connectivity index (χ4n) is 1.86. The first-order valence-corrected chi connectivity index (χ1v) is 6.80. The predicted octanol–water partition coefficient (Wildman–Crippen LogP) is 2.47. The quantitative estimate of drug-likeness (QED) is 0.802. The molecule has 5 N–H and O–H groups in total. The number of benzene rings is 1. The minimum absolute atomic E-state index is 0.0120. The first kappa shape index (κ1) is 13.9. The Morgan fingerprint density at radius 3 is 2.60 bits per heavy atom. The minimum Gasteiger partial charge on any atom is -0.396 e. The SMILES string of the molecule is CC(Nc1sc(C(N)=O)c(N)c1C#N)c1ccccc1. The number of nitrogen functional groups attached to an aromatic ring is 1. The lowest BCUT2D eigenvalue weighted by atomic mass is 10.1. The molecule has 1 aromatic carbocycles. The number of nitrogens with one attached hydrogen (secondary N) is 1. The summed E-state index contributed by atoms with van der Waals surface area (Å²) in [6.07, 6.45) is 0. The van der Waals surface area contributed by atoms with Gasteiger partial charge in [-0.1, -0.05) is 30.3 Å². The highest BCUT2D eigenvalue weighted by molar-refractivity contribution is 7.18. The van der Waals surface area contributed by atoms with Crippen molar-refractivity contribution in [1.29, 1.82) is 5.26 Å². The second kappa shape index (κ2) is 5.63. The molecule has 0 radical (unpaired) electrons. The molecular formula is C14H14N4OS. The lowest BCUT2D eigenvalue weighted by molar-refractivity contribution is 0.100. The summed E-state index contributed by atoms with van der Waals surface area (Å²) in [5, 5.41) is 12.9. The van der Waals surface area contributed by atoms with Crippen molar-refractivity contribution >= 4 is 27.9 Å². The van der Waals surface area contributed by atoms with Crippen molar-refractivity contribution in [2.75, 3.05) is 11.1 Å². The molecular weight excluding hydrogens is 272 g/mol. The van der Waals surface area contributed by atoms with Gasteiger partial charge in [0.1, 0.15) is 21.5 Å². The smallest absolute Gasteiger partial charge is 0.261 e. The number of carbonyl (C=O) groups excluding carboxylic acids is 1. The van der Waals surface area contributed by atoms with Crippen LogP contribution >= 0.6 is 11.3 Å². The maximum Gasteiger partial charge on any atom is 0.261 e. The van der Waals surface area contributed by atoms with E-state index >= 15 is 0 Å². The van der Waals surface area contributed by atoms with E-state index in [9.17, 15) is 4.79 Å². The molecule has 1 unspecified atom stereocenters. The van der Waals surface area contributed by atoms with Gasteiger partial charge < -0.3 is 16.8 Å². The Morgan fingerprint density at radius 1 is 1.40 bits per heavy atom. The molecule has 0 bridgehead atoms. The number of amides is 1. The van der Waals surface area contributed by atoms with Crippen LogP contribution < -0.4 is 16.8 Å². The van der Waals surface area contributed by atoms with Crippen molar-refractivity contribution in [3.8, 4) is 6.07 Å². The molecule has 0 aliphatic carbocycles. The Morgan fingerprint density at radius 2 is 2.05 bits per heavy atom. The summed E-state index contributed by atoms with van der Waals surface area (Å²) in [5.74, 6) is -0.621. The van der Waals surface area contributed by atoms with Gasteiger partial charge in [-0.2, -0.15) is 5.26 Å². The molecule has 1 aromatic heterocycles. The van der Waals surface area contributed by atoms with E-state index in [1.165, 1.54) is 0 Å². The molecule has 0 fully saturated rings. The Hall–Kier alpha value is -2.52. The molecule has 1 amide bonds. The topological polar surface area (TPSA) is 105 Å². The van der Waals surface area contributed by atoms with Crippen LogP contribution in [0.2, 0.25) is 0 Å². The molecule has 0 saturated heterocycles. The van der Waals surface area contributed by atoms with Gasteiger partial charge in [-0.3, -0.25) is 4.79 Å². The number of hydrogen-bond acceptors (Lipinski definition) is 5. The highest BCUT2D eigenvalue weighted by atomic mass is 32.1. The summed E-state index contributed by atoms with van der Waals surface area (Å²) in [5.41, 5.74) is 12.5. The van der Waals surface area contributed by atoms with E-state index in [0.717, 1.165) is 16.9 Å². The van der Waals surface area contributed by atoms with Crippen LogP contribution in [0, 0.1) is 11.3 Å². The van der Waals surface area contributed by atoms with Crippen LogP contribution in [0.15, 0.2) is 30.3 Å². The van der Waals surface area contributed by atoms with Crippen LogP contribution in [-0.4, -0.2) is 5.91 Å². The Balaban J connectivity index is 2.33. The maximum atomic E-state index is 11.3. The summed E-state index contributed by atoms with van der Waals surface area (Å²) < 4.78 is 0. The van der Waals surface area contributed by atoms with Crippen molar-refractivity contribution in [2.24, 2.45) is 5.73 Å². The van der Waals surface area contributed by atoms with Crippen LogP contribution in [0.4, 0.5) is 10.7 Å². The number of hydrogen-bond donors (Lipinski definition) is 3. The summed E-state index contributed by atoms with van der Waals surface area (Å²) in [4.78, 5) is 11.5. The van der Waals surface area contributed by atoms with Crippen molar-refractivity contribution < 1.29 is 4.79 Å². The molecule has 2 rings (SSSR count). The van der Waals surface area contributed by atoms with Gasteiger partial charge in [0, 0.05) is 6.04 Å². The zero-order chi connectivity index (χ0) is 14.7. The van der Waals surface area contributed by atoms with Crippen LogP contribution in [0.5, 0.6) is 0 Å². The average Bonchev–Trinajstić information content (AvgIpc) is 2.76. The van der Waals surface area contributed by atoms with E-state index in [0.29, 0.717) is 5.00 Å². The van der Waals surface area contributed by atoms with Gasteiger partial charge in [0.2, 0.25) is 0 Å². The number of carbonyl (C=O) groups is 1. The molecule has 6 heteroatoms. The summed E-state index contributed by atoms with van der Waals surface area (Å²) in [6.45, 7) is 1.97. The van der Waals surface area contributed by atoms with Gasteiger partial charge in [0.05, 0.1) is 5.69 Å². The van der Waals surface area contributed by atoms with E-state index in [2.05, 4.69) is 5.32 Å². The number of anilines is 2. The number of thiophene rings is 1. The van der Waals surface area contributed by atoms with E-state index in [1.54, 1.807) is 0 Å². The molecule has 0 aliphatic heterocycles. The first-order valence-electron chi connectivity index (χ1n) is 5.98. The number of rotatable bonds is 4. The lowest BCUT2D eigenvalue weighted by Gasteiger charge is -2.14. The summed E-state index contributed by atoms with van der Waals surface area (Å²) in [7, 11) is 0. The third-order valence-electron chi connectivity index (χ3n) is 2.93. The van der Waals surface area contributed by atoms with Crippen molar-refractivity contribution in [3.63, 3.8) is 0 Å². The summed E-state index contributed by atoms with van der Waals surface area (Å²) >= 11 is 1.11. The van der Waals surface area contributed by atoms with E-state index in [1.807, 2.05) is 43.3 Å². The van der Waals surface area contributed by atoms with E-state index < -0.39 is 5.91 Å². The van der Waals surface area contributed by atoms with Gasteiger partial charge >= 0.3 is 0 Å². The monoisotopic (exact) mass is 286 g/mol. The molecule has 1 heterocycles. The fourth-order valence-corrected chi connectivity index (χ4v) is 2.87. The van der Waals surface area contributed by atoms with Gasteiger partial charge in [-0.25, -0.2) is 0 Å². The highest BCUT2D eigenvalue weighted by Gasteiger charge is 2.20. The van der Waals surface area contributed by atoms with Crippen LogP contribution in [-0.2, 0) is 0 Å². The fraction of sp³-hybridized carbons (Fsp3) is 0.143.